The van der Waals surface area contributed by atoms with Crippen molar-refractivity contribution in [2.24, 2.45) is 0 Å². The molecule has 7 N–H and O–H groups in total. The largest absolute Gasteiger partial charge is 0.462 e. The summed E-state index contributed by atoms with van der Waals surface area (Å²) >= 11 is 0. The van der Waals surface area contributed by atoms with Crippen LogP contribution in [0.2, 0.25) is 0 Å². The predicted octanol–water partition coefficient (Wildman–Crippen LogP) is 9.72. The van der Waals surface area contributed by atoms with Gasteiger partial charge in [0.05, 0.1) is 19.8 Å². The zero-order chi connectivity index (χ0) is 52.4. The topological polar surface area (TPSA) is 231 Å². The Labute approximate surface area is 435 Å². The molecule has 11 atom stereocenters. The smallest absolute Gasteiger partial charge is 0.306 e. The average Bonchev–Trinajstić information content (AvgIpc) is 3.37. The summed E-state index contributed by atoms with van der Waals surface area (Å²) in [6.07, 6.45) is 29.5. The summed E-state index contributed by atoms with van der Waals surface area (Å²) in [5.74, 6) is -0.919. The monoisotopic (exact) mass is 1030 g/mol. The molecular weight excluding hydrogens is 925 g/mol. The molecule has 11 unspecified atom stereocenters. The Morgan fingerprint density at radius 2 is 0.792 bits per heavy atom. The fraction of sp³-hybridized carbons (Fsp3) is 0.930. The first-order valence-corrected chi connectivity index (χ1v) is 29.3. The van der Waals surface area contributed by atoms with Gasteiger partial charge in [0, 0.05) is 12.8 Å². The highest BCUT2D eigenvalue weighted by molar-refractivity contribution is 5.70. The first kappa shape index (κ1) is 66.4. The maximum Gasteiger partial charge on any atom is 0.306 e. The maximum atomic E-state index is 13.0. The summed E-state index contributed by atoms with van der Waals surface area (Å²) in [5.41, 5.74) is 0. The van der Waals surface area contributed by atoms with Gasteiger partial charge < -0.3 is 64.2 Å². The van der Waals surface area contributed by atoms with E-state index in [1.165, 1.54) is 148 Å². The minimum absolute atomic E-state index is 0.160. The summed E-state index contributed by atoms with van der Waals surface area (Å²) in [7, 11) is 0. The van der Waals surface area contributed by atoms with Crippen molar-refractivity contribution in [3.63, 3.8) is 0 Å². The molecule has 2 saturated heterocycles. The summed E-state index contributed by atoms with van der Waals surface area (Å²) in [6.45, 7) is 2.63. The second-order valence-corrected chi connectivity index (χ2v) is 20.8. The molecule has 2 aliphatic heterocycles. The van der Waals surface area contributed by atoms with E-state index in [-0.39, 0.29) is 26.1 Å². The van der Waals surface area contributed by atoms with Gasteiger partial charge in [-0.2, -0.15) is 0 Å². The summed E-state index contributed by atoms with van der Waals surface area (Å²) < 4.78 is 33.7. The van der Waals surface area contributed by atoms with Crippen LogP contribution in [0.3, 0.4) is 0 Å². The van der Waals surface area contributed by atoms with Gasteiger partial charge in [-0.25, -0.2) is 0 Å². The van der Waals surface area contributed by atoms with Gasteiger partial charge in [0.1, 0.15) is 55.4 Å². The molecule has 15 heteroatoms. The molecule has 0 aliphatic carbocycles. The quantitative estimate of drug-likeness (QED) is 0.0171. The number of aliphatic hydroxyl groups excluding tert-OH is 7. The van der Waals surface area contributed by atoms with Crippen LogP contribution in [0.15, 0.2) is 12.2 Å². The number of ether oxygens (including phenoxy) is 6. The zero-order valence-corrected chi connectivity index (χ0v) is 45.2. The van der Waals surface area contributed by atoms with Crippen LogP contribution in [-0.4, -0.2) is 142 Å². The van der Waals surface area contributed by atoms with Crippen molar-refractivity contribution in [1.29, 1.82) is 0 Å². The van der Waals surface area contributed by atoms with Gasteiger partial charge in [-0.05, 0) is 38.5 Å². The van der Waals surface area contributed by atoms with E-state index in [0.717, 1.165) is 57.8 Å². The Morgan fingerprint density at radius 3 is 1.22 bits per heavy atom. The number of carbonyl (C=O) groups excluding carboxylic acids is 2. The van der Waals surface area contributed by atoms with E-state index in [1.54, 1.807) is 0 Å². The second kappa shape index (κ2) is 44.4. The third kappa shape index (κ3) is 31.3. The number of unbranched alkanes of at least 4 members (excludes halogenated alkanes) is 31. The minimum Gasteiger partial charge on any atom is -0.462 e. The van der Waals surface area contributed by atoms with Crippen molar-refractivity contribution in [3.05, 3.63) is 12.2 Å². The Morgan fingerprint density at radius 1 is 0.431 bits per heavy atom. The van der Waals surface area contributed by atoms with Gasteiger partial charge in [0.25, 0.3) is 0 Å². The Bertz CT molecular complexity index is 1300. The number of aliphatic hydroxyl groups is 7. The number of esters is 2. The molecule has 424 valence electrons. The van der Waals surface area contributed by atoms with E-state index < -0.39 is 92.7 Å². The molecule has 0 aromatic heterocycles. The first-order valence-electron chi connectivity index (χ1n) is 29.3. The average molecular weight is 1030 g/mol. The van der Waals surface area contributed by atoms with Gasteiger partial charge in [-0.1, -0.05) is 206 Å². The molecule has 2 fully saturated rings. The van der Waals surface area contributed by atoms with Gasteiger partial charge >= 0.3 is 11.9 Å². The third-order valence-electron chi connectivity index (χ3n) is 14.2. The summed E-state index contributed by atoms with van der Waals surface area (Å²) in [6, 6.07) is 0. The van der Waals surface area contributed by atoms with Crippen molar-refractivity contribution < 1.29 is 73.8 Å². The van der Waals surface area contributed by atoms with Crippen LogP contribution in [0.1, 0.15) is 245 Å². The van der Waals surface area contributed by atoms with Crippen molar-refractivity contribution in [2.75, 3.05) is 26.4 Å². The fourth-order valence-electron chi connectivity index (χ4n) is 9.45. The van der Waals surface area contributed by atoms with E-state index in [0.29, 0.717) is 12.8 Å². The predicted molar refractivity (Wildman–Crippen MR) is 280 cm³/mol. The number of rotatable bonds is 47. The summed E-state index contributed by atoms with van der Waals surface area (Å²) in [4.78, 5) is 25.9. The molecule has 0 aromatic rings. The van der Waals surface area contributed by atoms with Crippen molar-refractivity contribution in [1.82, 2.24) is 0 Å². The lowest BCUT2D eigenvalue weighted by Gasteiger charge is -2.42. The molecule has 0 bridgehead atoms. The van der Waals surface area contributed by atoms with E-state index in [1.807, 2.05) is 0 Å². The molecule has 2 heterocycles. The number of hydrogen-bond acceptors (Lipinski definition) is 15. The molecule has 0 aromatic carbocycles. The lowest BCUT2D eigenvalue weighted by atomic mass is 9.98. The first-order chi connectivity index (χ1) is 35.0. The third-order valence-corrected chi connectivity index (χ3v) is 14.2. The molecule has 2 rings (SSSR count). The highest BCUT2D eigenvalue weighted by atomic mass is 16.7. The zero-order valence-electron chi connectivity index (χ0n) is 45.2. The molecule has 2 aliphatic rings. The molecule has 0 radical (unpaired) electrons. The van der Waals surface area contributed by atoms with E-state index in [4.69, 9.17) is 28.4 Å². The van der Waals surface area contributed by atoms with Crippen LogP contribution in [-0.2, 0) is 38.0 Å². The molecule has 72 heavy (non-hydrogen) atoms. The molecule has 0 saturated carbocycles. The van der Waals surface area contributed by atoms with Crippen molar-refractivity contribution in [2.45, 2.75) is 313 Å². The Kier molecular flexibility index (Phi) is 40.9. The molecular formula is C57H106O15. The van der Waals surface area contributed by atoms with Crippen molar-refractivity contribution >= 4 is 11.9 Å². The lowest BCUT2D eigenvalue weighted by molar-refractivity contribution is -0.332. The Hall–Kier alpha value is -1.76. The van der Waals surface area contributed by atoms with Crippen LogP contribution >= 0.6 is 0 Å². The SMILES string of the molecule is CCCCCCCC/C=C\CCCCCCCC(=O)OC(COC(=O)CCCCCCCCCCCCCCCCCCCCCCC)COC1OC(COC2OC(CO)C(O)C(O)C2O)C(O)C(O)C1O. The van der Waals surface area contributed by atoms with E-state index >= 15 is 0 Å². The second-order valence-electron chi connectivity index (χ2n) is 20.8. The van der Waals surface area contributed by atoms with Crippen LogP contribution < -0.4 is 0 Å². The Balaban J connectivity index is 1.73. The van der Waals surface area contributed by atoms with Crippen LogP contribution in [0.25, 0.3) is 0 Å². The number of carbonyl (C=O) groups is 2. The van der Waals surface area contributed by atoms with E-state index in [2.05, 4.69) is 26.0 Å². The number of allylic oxidation sites excluding steroid dienone is 2. The van der Waals surface area contributed by atoms with Gasteiger partial charge in [-0.3, -0.25) is 9.59 Å². The molecule has 0 amide bonds. The lowest BCUT2D eigenvalue weighted by Crippen LogP contribution is -2.61. The van der Waals surface area contributed by atoms with E-state index in [9.17, 15) is 45.3 Å². The standard InChI is InChI=1S/C57H106O15/c1-3-5-7-9-11-13-15-17-19-20-21-22-23-24-26-27-29-31-33-35-37-39-48(59)67-42-45(70-49(60)40-38-36-34-32-30-28-25-18-16-14-12-10-8-6-4-2)43-68-56-55(66)53(64)51(62)47(72-56)44-69-57-54(65)52(63)50(61)46(41-58)71-57/h18,25,45-47,50-58,61-66H,3-17,19-24,26-44H2,1-2H3/b25-18-. The fourth-order valence-corrected chi connectivity index (χ4v) is 9.45. The van der Waals surface area contributed by atoms with Gasteiger partial charge in [-0.15, -0.1) is 0 Å². The normalized spacial score (nSPS) is 25.0. The van der Waals surface area contributed by atoms with Gasteiger partial charge in [0.15, 0.2) is 18.7 Å². The highest BCUT2D eigenvalue weighted by Gasteiger charge is 2.47. The van der Waals surface area contributed by atoms with Gasteiger partial charge in [0.2, 0.25) is 0 Å². The maximum absolute atomic E-state index is 13.0. The minimum atomic E-state index is -1.76. The number of hydrogen-bond donors (Lipinski definition) is 7. The summed E-state index contributed by atoms with van der Waals surface area (Å²) in [5, 5.41) is 72.2. The van der Waals surface area contributed by atoms with Crippen LogP contribution in [0, 0.1) is 0 Å². The molecule has 15 nitrogen and oxygen atoms in total. The van der Waals surface area contributed by atoms with Crippen LogP contribution in [0.4, 0.5) is 0 Å². The highest BCUT2D eigenvalue weighted by Crippen LogP contribution is 2.27. The molecule has 0 spiro atoms. The van der Waals surface area contributed by atoms with Crippen LogP contribution in [0.5, 0.6) is 0 Å². The van der Waals surface area contributed by atoms with Crippen molar-refractivity contribution in [3.8, 4) is 0 Å².